The van der Waals surface area contributed by atoms with Gasteiger partial charge in [0.1, 0.15) is 0 Å². The fourth-order valence-corrected chi connectivity index (χ4v) is 4.27. The van der Waals surface area contributed by atoms with Crippen LogP contribution in [0.15, 0.2) is 36.4 Å². The summed E-state index contributed by atoms with van der Waals surface area (Å²) in [5, 5.41) is 0. The molecule has 1 aliphatic heterocycles. The van der Waals surface area contributed by atoms with E-state index in [2.05, 4.69) is 48.0 Å². The van der Waals surface area contributed by atoms with Crippen molar-refractivity contribution in [2.75, 3.05) is 25.9 Å². The van der Waals surface area contributed by atoms with E-state index in [9.17, 15) is 13.2 Å². The Morgan fingerprint density at radius 2 is 2.00 bits per heavy atom. The molecule has 1 atom stereocenters. The van der Waals surface area contributed by atoms with Gasteiger partial charge in [-0.3, -0.25) is 9.78 Å². The van der Waals surface area contributed by atoms with Gasteiger partial charge in [-0.05, 0) is 56.4 Å². The summed E-state index contributed by atoms with van der Waals surface area (Å²) < 4.78 is 24.8. The molecule has 0 aliphatic carbocycles. The van der Waals surface area contributed by atoms with Gasteiger partial charge in [0.15, 0.2) is 0 Å². The molecular weight excluding hydrogens is 386 g/mol. The maximum absolute atomic E-state index is 12.4. The maximum atomic E-state index is 12.4. The lowest BCUT2D eigenvalue weighted by molar-refractivity contribution is -0.131. The first-order chi connectivity index (χ1) is 13.7. The fraction of sp³-hybridized carbons (Fsp3) is 0.455. The molecule has 0 radical (unpaired) electrons. The number of aromatic nitrogens is 1. The van der Waals surface area contributed by atoms with Crippen molar-refractivity contribution in [2.24, 2.45) is 0 Å². The van der Waals surface area contributed by atoms with Crippen molar-refractivity contribution in [3.8, 4) is 0 Å². The first kappa shape index (κ1) is 21.5. The molecule has 0 bridgehead atoms. The lowest BCUT2D eigenvalue weighted by atomic mass is 9.92. The molecule has 1 saturated heterocycles. The van der Waals surface area contributed by atoms with E-state index in [1.54, 1.807) is 4.90 Å². The number of carbonyl (C=O) groups excluding carboxylic acids is 1. The third-order valence-corrected chi connectivity index (χ3v) is 5.87. The minimum Gasteiger partial charge on any atom is -0.341 e. The van der Waals surface area contributed by atoms with Crippen molar-refractivity contribution in [3.63, 3.8) is 0 Å². The van der Waals surface area contributed by atoms with Gasteiger partial charge in [-0.1, -0.05) is 29.8 Å². The van der Waals surface area contributed by atoms with Gasteiger partial charge in [-0.15, -0.1) is 0 Å². The number of amides is 1. The van der Waals surface area contributed by atoms with E-state index in [1.165, 1.54) is 16.7 Å². The van der Waals surface area contributed by atoms with Crippen molar-refractivity contribution < 1.29 is 13.2 Å². The van der Waals surface area contributed by atoms with Crippen molar-refractivity contribution in [1.29, 1.82) is 0 Å². The van der Waals surface area contributed by atoms with Crippen LogP contribution in [0.2, 0.25) is 0 Å². The van der Waals surface area contributed by atoms with Crippen LogP contribution in [0.5, 0.6) is 0 Å². The second kappa shape index (κ2) is 9.05. The van der Waals surface area contributed by atoms with E-state index >= 15 is 0 Å². The number of piperidine rings is 1. The number of rotatable bonds is 6. The highest BCUT2D eigenvalue weighted by Gasteiger charge is 2.26. The summed E-state index contributed by atoms with van der Waals surface area (Å²) in [5.41, 5.74) is 5.74. The highest BCUT2D eigenvalue weighted by atomic mass is 32.2. The summed E-state index contributed by atoms with van der Waals surface area (Å²) in [6.45, 7) is 5.14. The van der Waals surface area contributed by atoms with Gasteiger partial charge in [0.25, 0.3) is 0 Å². The van der Waals surface area contributed by atoms with Crippen LogP contribution in [0.3, 0.4) is 0 Å². The van der Waals surface area contributed by atoms with E-state index in [0.717, 1.165) is 36.9 Å². The third-order valence-electron chi connectivity index (χ3n) is 5.20. The Morgan fingerprint density at radius 3 is 2.72 bits per heavy atom. The molecule has 1 aliphatic rings. The number of carbonyl (C=O) groups is 1. The summed E-state index contributed by atoms with van der Waals surface area (Å²) >= 11 is 0. The maximum Gasteiger partial charge on any atom is 0.237 e. The summed E-state index contributed by atoms with van der Waals surface area (Å²) in [5.74, 6) is -0.0187. The van der Waals surface area contributed by atoms with E-state index in [1.807, 2.05) is 6.92 Å². The first-order valence-electron chi connectivity index (χ1n) is 9.95. The van der Waals surface area contributed by atoms with Crippen LogP contribution < -0.4 is 4.72 Å². The zero-order valence-electron chi connectivity index (χ0n) is 17.3. The molecule has 29 heavy (non-hydrogen) atoms. The summed E-state index contributed by atoms with van der Waals surface area (Å²) in [6, 6.07) is 12.8. The van der Waals surface area contributed by atoms with Crippen LogP contribution in [0.1, 0.15) is 46.8 Å². The minimum absolute atomic E-state index is 0.169. The van der Waals surface area contributed by atoms with Gasteiger partial charge < -0.3 is 4.90 Å². The van der Waals surface area contributed by atoms with E-state index in [4.69, 9.17) is 4.98 Å². The zero-order valence-corrected chi connectivity index (χ0v) is 18.1. The van der Waals surface area contributed by atoms with E-state index in [0.29, 0.717) is 13.1 Å². The number of nitrogens with zero attached hydrogens (tertiary/aromatic N) is 2. The van der Waals surface area contributed by atoms with Gasteiger partial charge in [-0.2, -0.15) is 0 Å². The predicted molar refractivity (Wildman–Crippen MR) is 114 cm³/mol. The number of hydrogen-bond acceptors (Lipinski definition) is 4. The molecule has 6 nitrogen and oxygen atoms in total. The number of sulfonamides is 1. The standard InChI is InChI=1S/C22H29N3O3S/c1-16-6-4-7-18(10-16)12-19-11-17(2)24-21(13-19)20-8-5-9-25(15-20)22(26)14-23-29(3,27)28/h4,6-7,10-11,13,20,23H,5,8-9,12,14-15H2,1-3H3. The number of hydrogen-bond donors (Lipinski definition) is 1. The molecule has 3 rings (SSSR count). The van der Waals surface area contributed by atoms with Crippen molar-refractivity contribution in [3.05, 3.63) is 64.5 Å². The van der Waals surface area contributed by atoms with Crippen LogP contribution in [-0.2, 0) is 21.2 Å². The Morgan fingerprint density at radius 1 is 1.21 bits per heavy atom. The Kier molecular flexibility index (Phi) is 6.70. The van der Waals surface area contributed by atoms with Gasteiger partial charge >= 0.3 is 0 Å². The van der Waals surface area contributed by atoms with Crippen LogP contribution in [0.4, 0.5) is 0 Å². The molecule has 1 aromatic carbocycles. The quantitative estimate of drug-likeness (QED) is 0.786. The first-order valence-corrected chi connectivity index (χ1v) is 11.8. The number of benzene rings is 1. The Hall–Kier alpha value is -2.25. The molecule has 0 saturated carbocycles. The predicted octanol–water partition coefficient (Wildman–Crippen LogP) is 2.54. The average Bonchev–Trinajstić information content (AvgIpc) is 2.65. The zero-order chi connectivity index (χ0) is 21.0. The molecule has 2 heterocycles. The van der Waals surface area contributed by atoms with E-state index < -0.39 is 10.0 Å². The molecular formula is C22H29N3O3S. The topological polar surface area (TPSA) is 79.4 Å². The molecule has 7 heteroatoms. The number of pyridine rings is 1. The molecule has 1 fully saturated rings. The third kappa shape index (κ3) is 6.37. The monoisotopic (exact) mass is 415 g/mol. The second-order valence-electron chi connectivity index (χ2n) is 7.98. The molecule has 1 amide bonds. The number of nitrogens with one attached hydrogen (secondary N) is 1. The molecule has 156 valence electrons. The lowest BCUT2D eigenvalue weighted by Gasteiger charge is -2.33. The number of likely N-dealkylation sites (tertiary alicyclic amines) is 1. The average molecular weight is 416 g/mol. The van der Waals surface area contributed by atoms with Gasteiger partial charge in [0, 0.05) is 30.4 Å². The van der Waals surface area contributed by atoms with E-state index in [-0.39, 0.29) is 18.4 Å². The largest absolute Gasteiger partial charge is 0.341 e. The molecule has 1 N–H and O–H groups in total. The molecule has 0 spiro atoms. The number of aryl methyl sites for hydroxylation is 2. The van der Waals surface area contributed by atoms with Crippen molar-refractivity contribution >= 4 is 15.9 Å². The Balaban J connectivity index is 1.72. The highest BCUT2D eigenvalue weighted by molar-refractivity contribution is 7.88. The second-order valence-corrected chi connectivity index (χ2v) is 9.81. The van der Waals surface area contributed by atoms with Crippen molar-refractivity contribution in [1.82, 2.24) is 14.6 Å². The fourth-order valence-electron chi connectivity index (χ4n) is 3.89. The van der Waals surface area contributed by atoms with Crippen LogP contribution >= 0.6 is 0 Å². The SMILES string of the molecule is Cc1cccc(Cc2cc(C)nc(C3CCCN(C(=O)CNS(C)(=O)=O)C3)c2)c1. The lowest BCUT2D eigenvalue weighted by Crippen LogP contribution is -2.44. The van der Waals surface area contributed by atoms with Crippen LogP contribution in [0.25, 0.3) is 0 Å². The van der Waals surface area contributed by atoms with Gasteiger partial charge in [0.05, 0.1) is 12.8 Å². The molecule has 2 aromatic rings. The van der Waals surface area contributed by atoms with Crippen molar-refractivity contribution in [2.45, 2.75) is 39.0 Å². The summed E-state index contributed by atoms with van der Waals surface area (Å²) in [4.78, 5) is 18.9. The van der Waals surface area contributed by atoms with Crippen LogP contribution in [0, 0.1) is 13.8 Å². The molecule has 1 aromatic heterocycles. The smallest absolute Gasteiger partial charge is 0.237 e. The van der Waals surface area contributed by atoms with Gasteiger partial charge in [0.2, 0.25) is 15.9 Å². The van der Waals surface area contributed by atoms with Gasteiger partial charge in [-0.25, -0.2) is 13.1 Å². The Bertz CT molecular complexity index is 989. The van der Waals surface area contributed by atoms with Crippen LogP contribution in [-0.4, -0.2) is 50.1 Å². The molecule has 1 unspecified atom stereocenters. The minimum atomic E-state index is -3.38. The Labute approximate surface area is 173 Å². The normalized spacial score (nSPS) is 17.3. The highest BCUT2D eigenvalue weighted by Crippen LogP contribution is 2.27. The summed E-state index contributed by atoms with van der Waals surface area (Å²) in [6.07, 6.45) is 3.78. The summed E-state index contributed by atoms with van der Waals surface area (Å²) in [7, 11) is -3.38.